The molecule has 0 atom stereocenters. The first-order valence-electron chi connectivity index (χ1n) is 28.4. The van der Waals surface area contributed by atoms with E-state index in [1.54, 1.807) is 0 Å². The number of rotatable bonds is 6. The van der Waals surface area contributed by atoms with Gasteiger partial charge in [0.15, 0.2) is 5.82 Å². The van der Waals surface area contributed by atoms with Gasteiger partial charge in [-0.3, -0.25) is 0 Å². The Morgan fingerprint density at radius 1 is 0.214 bits per heavy atom. The highest BCUT2D eigenvalue weighted by Crippen LogP contribution is 2.45. The van der Waals surface area contributed by atoms with Crippen LogP contribution in [0.1, 0.15) is 0 Å². The molecule has 12 aromatic carbocycles. The van der Waals surface area contributed by atoms with Gasteiger partial charge in [0.1, 0.15) is 0 Å². The van der Waals surface area contributed by atoms with Crippen LogP contribution in [0.5, 0.6) is 0 Å². The maximum absolute atomic E-state index is 5.50. The van der Waals surface area contributed by atoms with Gasteiger partial charge < -0.3 is 13.7 Å². The lowest BCUT2D eigenvalue weighted by Crippen LogP contribution is -1.99. The van der Waals surface area contributed by atoms with E-state index < -0.39 is 0 Å². The summed E-state index contributed by atoms with van der Waals surface area (Å²) in [5.74, 6) is 0.660. The molecule has 19 aromatic rings. The molecule has 7 heterocycles. The summed E-state index contributed by atoms with van der Waals surface area (Å²) >= 11 is 5.60. The molecule has 0 spiro atoms. The van der Waals surface area contributed by atoms with E-state index in [0.717, 1.165) is 50.7 Å². The van der Waals surface area contributed by atoms with Crippen molar-refractivity contribution in [2.45, 2.75) is 0 Å². The van der Waals surface area contributed by atoms with Gasteiger partial charge >= 0.3 is 0 Å². The van der Waals surface area contributed by atoms with Gasteiger partial charge in [-0.05, 0) is 115 Å². The Morgan fingerprint density at radius 2 is 0.571 bits per heavy atom. The number of fused-ring (bicyclic) bond motifs is 18. The van der Waals surface area contributed by atoms with Crippen molar-refractivity contribution in [3.05, 3.63) is 261 Å². The van der Waals surface area contributed by atoms with E-state index >= 15 is 0 Å². The lowest BCUT2D eigenvalue weighted by atomic mass is 10.1. The Bertz CT molecular complexity index is 5740. The van der Waals surface area contributed by atoms with Crippen LogP contribution in [0.2, 0.25) is 0 Å². The van der Waals surface area contributed by atoms with Crippen LogP contribution in [0.3, 0.4) is 0 Å². The highest BCUT2D eigenvalue weighted by atomic mass is 32.1. The first-order valence-corrected chi connectivity index (χ1v) is 30.8. The zero-order valence-electron chi connectivity index (χ0n) is 44.8. The van der Waals surface area contributed by atoms with Crippen LogP contribution in [0, 0.1) is 0 Å². The van der Waals surface area contributed by atoms with E-state index in [-0.39, 0.29) is 0 Å². The van der Waals surface area contributed by atoms with Crippen LogP contribution in [-0.2, 0) is 0 Å². The summed E-state index contributed by atoms with van der Waals surface area (Å²) < 4.78 is 15.1. The molecule has 0 radical (unpaired) electrons. The zero-order valence-corrected chi connectivity index (χ0v) is 47.2. The third kappa shape index (κ3) is 6.81. The molecule has 0 aliphatic heterocycles. The van der Waals surface area contributed by atoms with Crippen molar-refractivity contribution >= 4 is 160 Å². The molecule has 0 aliphatic rings. The van der Waals surface area contributed by atoms with Crippen molar-refractivity contribution in [2.24, 2.45) is 0 Å². The highest BCUT2D eigenvalue weighted by Gasteiger charge is 2.21. The standard InChI is InChI=1S/C76H43N5S3/c1-7-22-64-50(16-1)56-40-73-59(53-19-4-10-25-70(53)82-73)37-67(56)79(64)47-32-28-44(29-33-47)62-43-63(45-30-34-48(35-31-45)80-65-23-8-2-17-51(65)57-41-74-60(38-68(57)80)54-20-5-11-26-71(54)83-74)78-76(77-62)46-14-13-15-49(36-46)81-66-24-9-3-18-52(66)58-42-75-61(39-69(58)81)55-21-6-12-27-72(55)84-75/h1-43H. The predicted molar refractivity (Wildman–Crippen MR) is 360 cm³/mol. The van der Waals surface area contributed by atoms with Crippen LogP contribution in [-0.4, -0.2) is 23.7 Å². The van der Waals surface area contributed by atoms with Crippen molar-refractivity contribution in [2.75, 3.05) is 0 Å². The second-order valence-corrected chi connectivity index (χ2v) is 25.3. The summed E-state index contributed by atoms with van der Waals surface area (Å²) in [7, 11) is 0. The molecule has 0 saturated carbocycles. The number of hydrogen-bond donors (Lipinski definition) is 0. The summed E-state index contributed by atoms with van der Waals surface area (Å²) in [6, 6.07) is 95.9. The topological polar surface area (TPSA) is 40.6 Å². The Labute approximate surface area is 492 Å². The first kappa shape index (κ1) is 46.4. The highest BCUT2D eigenvalue weighted by molar-refractivity contribution is 7.26. The molecule has 8 heteroatoms. The molecule has 0 aliphatic carbocycles. The zero-order chi connectivity index (χ0) is 54.7. The van der Waals surface area contributed by atoms with Gasteiger partial charge in [0.05, 0.1) is 44.5 Å². The van der Waals surface area contributed by atoms with Gasteiger partial charge in [-0.25, -0.2) is 9.97 Å². The molecular formula is C76H43N5S3. The quantitative estimate of drug-likeness (QED) is 0.166. The minimum Gasteiger partial charge on any atom is -0.309 e. The van der Waals surface area contributed by atoms with Gasteiger partial charge in [0.25, 0.3) is 0 Å². The largest absolute Gasteiger partial charge is 0.309 e. The van der Waals surface area contributed by atoms with Gasteiger partial charge in [-0.15, -0.1) is 34.0 Å². The fourth-order valence-electron chi connectivity index (χ4n) is 13.6. The molecule has 0 bridgehead atoms. The average molecular weight is 1120 g/mol. The van der Waals surface area contributed by atoms with Crippen LogP contribution < -0.4 is 0 Å². The summed E-state index contributed by atoms with van der Waals surface area (Å²) in [4.78, 5) is 11.0. The molecule has 0 fully saturated rings. The predicted octanol–water partition coefficient (Wildman–Crippen LogP) is 21.9. The molecule has 390 valence electrons. The maximum Gasteiger partial charge on any atom is 0.160 e. The van der Waals surface area contributed by atoms with Gasteiger partial charge in [0, 0.05) is 127 Å². The number of benzene rings is 12. The molecule has 84 heavy (non-hydrogen) atoms. The SMILES string of the molecule is c1cc(-c2nc(-c3ccc(-n4c5ccccc5c5cc6sc7ccccc7c6cc54)cc3)cc(-c3ccc(-n4c5ccccc5c5cc6sc7ccccc7c6cc54)cc3)n2)cc(-n2c3ccccc3c3cc4sc5ccccc5c4cc32)c1. The van der Waals surface area contributed by atoms with Crippen LogP contribution in [0.15, 0.2) is 261 Å². The summed E-state index contributed by atoms with van der Waals surface area (Å²) in [5, 5.41) is 15.2. The van der Waals surface area contributed by atoms with Gasteiger partial charge in [0.2, 0.25) is 0 Å². The molecule has 0 unspecified atom stereocenters. The maximum atomic E-state index is 5.50. The minimum absolute atomic E-state index is 0.660. The summed E-state index contributed by atoms with van der Waals surface area (Å²) in [6.45, 7) is 0. The van der Waals surface area contributed by atoms with Gasteiger partial charge in [-0.1, -0.05) is 146 Å². The smallest absolute Gasteiger partial charge is 0.160 e. The van der Waals surface area contributed by atoms with Crippen LogP contribution >= 0.6 is 34.0 Å². The van der Waals surface area contributed by atoms with Crippen molar-refractivity contribution in [1.82, 2.24) is 23.7 Å². The number of aromatic nitrogens is 5. The molecule has 0 saturated heterocycles. The first-order chi connectivity index (χ1) is 41.6. The van der Waals surface area contributed by atoms with E-state index in [9.17, 15) is 0 Å². The second kappa shape index (κ2) is 17.6. The molecule has 0 amide bonds. The van der Waals surface area contributed by atoms with Crippen molar-refractivity contribution in [3.8, 4) is 51.0 Å². The van der Waals surface area contributed by atoms with E-state index in [0.29, 0.717) is 5.82 Å². The van der Waals surface area contributed by atoms with E-state index in [1.165, 1.54) is 120 Å². The van der Waals surface area contributed by atoms with Crippen LogP contribution in [0.25, 0.3) is 177 Å². The molecule has 19 rings (SSSR count). The fraction of sp³-hybridized carbons (Fsp3) is 0. The Hall–Kier alpha value is -10.2. The number of para-hydroxylation sites is 3. The Kier molecular flexibility index (Phi) is 9.75. The lowest BCUT2D eigenvalue weighted by Gasteiger charge is -2.13. The number of thiophene rings is 3. The van der Waals surface area contributed by atoms with Crippen LogP contribution in [0.4, 0.5) is 0 Å². The third-order valence-electron chi connectivity index (χ3n) is 17.4. The molecule has 0 N–H and O–H groups in total. The van der Waals surface area contributed by atoms with Crippen molar-refractivity contribution < 1.29 is 0 Å². The molecular weight excluding hydrogens is 1080 g/mol. The van der Waals surface area contributed by atoms with E-state index in [4.69, 9.17) is 9.97 Å². The molecule has 5 nitrogen and oxygen atoms in total. The van der Waals surface area contributed by atoms with Gasteiger partial charge in [-0.2, -0.15) is 0 Å². The monoisotopic (exact) mass is 1120 g/mol. The van der Waals surface area contributed by atoms with Crippen molar-refractivity contribution in [3.63, 3.8) is 0 Å². The minimum atomic E-state index is 0.660. The molecule has 7 aromatic heterocycles. The average Bonchev–Trinajstić information content (AvgIpc) is 2.12. The summed E-state index contributed by atoms with van der Waals surface area (Å²) in [6.07, 6.45) is 0. The Balaban J connectivity index is 0.776. The second-order valence-electron chi connectivity index (χ2n) is 22.1. The van der Waals surface area contributed by atoms with Crippen molar-refractivity contribution in [1.29, 1.82) is 0 Å². The fourth-order valence-corrected chi connectivity index (χ4v) is 17.0. The number of nitrogens with zero attached hydrogens (tertiary/aromatic N) is 5. The third-order valence-corrected chi connectivity index (χ3v) is 20.8. The summed E-state index contributed by atoms with van der Waals surface area (Å²) in [5.41, 5.74) is 15.0. The normalized spacial score (nSPS) is 12.3. The number of hydrogen-bond acceptors (Lipinski definition) is 5. The Morgan fingerprint density at radius 3 is 0.976 bits per heavy atom. The lowest BCUT2D eigenvalue weighted by molar-refractivity contribution is 1.15. The van der Waals surface area contributed by atoms with E-state index in [2.05, 4.69) is 275 Å². The van der Waals surface area contributed by atoms with E-state index in [1.807, 2.05) is 34.0 Å².